The summed E-state index contributed by atoms with van der Waals surface area (Å²) in [7, 11) is 3.21. The molecule has 1 heterocycles. The van der Waals surface area contributed by atoms with Gasteiger partial charge in [0.25, 0.3) is 5.91 Å². The van der Waals surface area contributed by atoms with Crippen molar-refractivity contribution in [3.8, 4) is 11.5 Å². The number of nitrogens with one attached hydrogen (secondary N) is 2. The minimum atomic E-state index is -0.271. The van der Waals surface area contributed by atoms with Crippen LogP contribution >= 0.6 is 0 Å². The minimum absolute atomic E-state index is 0.271. The molecule has 0 radical (unpaired) electrons. The highest BCUT2D eigenvalue weighted by Gasteiger charge is 2.08. The van der Waals surface area contributed by atoms with E-state index in [-0.39, 0.29) is 5.91 Å². The summed E-state index contributed by atoms with van der Waals surface area (Å²) in [6.07, 6.45) is 0.827. The zero-order valence-corrected chi connectivity index (χ0v) is 15.8. The third-order valence-corrected chi connectivity index (χ3v) is 4.09. The van der Waals surface area contributed by atoms with Gasteiger partial charge in [-0.05, 0) is 54.4 Å². The van der Waals surface area contributed by atoms with Crippen LogP contribution in [0.15, 0.2) is 60.7 Å². The van der Waals surface area contributed by atoms with E-state index in [0.29, 0.717) is 29.5 Å². The normalized spacial score (nSPS) is 10.2. The number of ether oxygens (including phenoxy) is 2. The zero-order valence-electron chi connectivity index (χ0n) is 15.8. The van der Waals surface area contributed by atoms with E-state index in [2.05, 4.69) is 20.8 Å². The lowest BCUT2D eigenvalue weighted by molar-refractivity contribution is 0.102. The van der Waals surface area contributed by atoms with Crippen molar-refractivity contribution >= 4 is 17.5 Å². The molecule has 28 heavy (non-hydrogen) atoms. The van der Waals surface area contributed by atoms with Crippen LogP contribution in [0.1, 0.15) is 15.9 Å². The number of rotatable bonds is 8. The molecule has 0 aliphatic heterocycles. The van der Waals surface area contributed by atoms with E-state index in [4.69, 9.17) is 9.47 Å². The van der Waals surface area contributed by atoms with E-state index in [1.165, 1.54) is 5.56 Å². The molecule has 7 heteroatoms. The Bertz CT molecular complexity index is 929. The van der Waals surface area contributed by atoms with Gasteiger partial charge in [0.2, 0.25) is 0 Å². The maximum atomic E-state index is 12.3. The van der Waals surface area contributed by atoms with Gasteiger partial charge in [-0.15, -0.1) is 10.2 Å². The lowest BCUT2D eigenvalue weighted by Crippen LogP contribution is -2.14. The van der Waals surface area contributed by atoms with Crippen LogP contribution in [0.25, 0.3) is 0 Å². The molecule has 0 spiro atoms. The molecule has 1 amide bonds. The topological polar surface area (TPSA) is 85.4 Å². The molecule has 0 unspecified atom stereocenters. The molecule has 3 aromatic rings. The van der Waals surface area contributed by atoms with Crippen LogP contribution in [0.4, 0.5) is 11.6 Å². The molecular weight excluding hydrogens is 356 g/mol. The number of nitrogens with zero attached hydrogens (tertiary/aromatic N) is 2. The summed E-state index contributed by atoms with van der Waals surface area (Å²) in [5, 5.41) is 14.1. The van der Waals surface area contributed by atoms with Crippen molar-refractivity contribution in [2.24, 2.45) is 0 Å². The molecule has 0 aliphatic carbocycles. The molecule has 0 saturated carbocycles. The number of anilines is 2. The third-order valence-electron chi connectivity index (χ3n) is 4.09. The molecule has 2 N–H and O–H groups in total. The van der Waals surface area contributed by atoms with E-state index in [0.717, 1.165) is 12.2 Å². The van der Waals surface area contributed by atoms with Crippen LogP contribution in [0.3, 0.4) is 0 Å². The van der Waals surface area contributed by atoms with Crippen molar-refractivity contribution < 1.29 is 14.3 Å². The predicted octanol–water partition coefficient (Wildman–Crippen LogP) is 3.40. The molecule has 7 nitrogen and oxygen atoms in total. The summed E-state index contributed by atoms with van der Waals surface area (Å²) in [5.74, 6) is 2.21. The monoisotopic (exact) mass is 378 g/mol. The fraction of sp³-hybridized carbons (Fsp3) is 0.190. The highest BCUT2D eigenvalue weighted by atomic mass is 16.5. The molecular formula is C21H22N4O3. The Kier molecular flexibility index (Phi) is 6.41. The smallest absolute Gasteiger partial charge is 0.256 e. The lowest BCUT2D eigenvalue weighted by atomic mass is 10.1. The number of methoxy groups -OCH3 is 2. The van der Waals surface area contributed by atoms with Gasteiger partial charge in [0, 0.05) is 12.1 Å². The Hall–Kier alpha value is -3.61. The van der Waals surface area contributed by atoms with Crippen LogP contribution in [0.2, 0.25) is 0 Å². The van der Waals surface area contributed by atoms with E-state index in [1.54, 1.807) is 50.6 Å². The number of carbonyl (C=O) groups is 1. The molecule has 2 aromatic carbocycles. The summed E-state index contributed by atoms with van der Waals surface area (Å²) < 4.78 is 10.4. The van der Waals surface area contributed by atoms with Crippen molar-refractivity contribution in [3.63, 3.8) is 0 Å². The number of benzene rings is 2. The number of hydrogen-bond donors (Lipinski definition) is 2. The predicted molar refractivity (Wildman–Crippen MR) is 108 cm³/mol. The highest BCUT2D eigenvalue weighted by Crippen LogP contribution is 2.15. The van der Waals surface area contributed by atoms with Crippen molar-refractivity contribution in [2.45, 2.75) is 6.42 Å². The first-order valence-corrected chi connectivity index (χ1v) is 8.84. The molecule has 0 fully saturated rings. The highest BCUT2D eigenvalue weighted by molar-refractivity contribution is 6.03. The van der Waals surface area contributed by atoms with E-state index in [1.807, 2.05) is 24.3 Å². The second-order valence-electron chi connectivity index (χ2n) is 6.02. The van der Waals surface area contributed by atoms with Gasteiger partial charge in [0.05, 0.1) is 14.2 Å². The van der Waals surface area contributed by atoms with Crippen LogP contribution in [0.5, 0.6) is 11.5 Å². The molecule has 3 rings (SSSR count). The van der Waals surface area contributed by atoms with E-state index >= 15 is 0 Å². The minimum Gasteiger partial charge on any atom is -0.497 e. The van der Waals surface area contributed by atoms with Crippen molar-refractivity contribution in [1.82, 2.24) is 10.2 Å². The Morgan fingerprint density at radius 2 is 1.57 bits per heavy atom. The van der Waals surface area contributed by atoms with Gasteiger partial charge in [-0.1, -0.05) is 18.2 Å². The third kappa shape index (κ3) is 5.20. The Labute approximate surface area is 163 Å². The molecule has 0 bridgehead atoms. The first-order chi connectivity index (χ1) is 13.7. The number of hydrogen-bond acceptors (Lipinski definition) is 6. The molecule has 144 valence electrons. The summed E-state index contributed by atoms with van der Waals surface area (Å²) in [4.78, 5) is 12.3. The number of aromatic nitrogens is 2. The largest absolute Gasteiger partial charge is 0.497 e. The first kappa shape index (κ1) is 19.2. The van der Waals surface area contributed by atoms with E-state index in [9.17, 15) is 4.79 Å². The number of amides is 1. The maximum Gasteiger partial charge on any atom is 0.256 e. The van der Waals surface area contributed by atoms with Crippen molar-refractivity contribution in [3.05, 3.63) is 71.8 Å². The first-order valence-electron chi connectivity index (χ1n) is 8.84. The summed E-state index contributed by atoms with van der Waals surface area (Å²) in [6, 6.07) is 18.3. The van der Waals surface area contributed by atoms with Crippen molar-refractivity contribution in [1.29, 1.82) is 0 Å². The average molecular weight is 378 g/mol. The lowest BCUT2D eigenvalue weighted by Gasteiger charge is -2.08. The SMILES string of the molecule is COc1cccc(CCNc2ccc(NC(=O)c3cccc(OC)c3)nn2)c1. The molecule has 1 aromatic heterocycles. The van der Waals surface area contributed by atoms with Crippen LogP contribution < -0.4 is 20.1 Å². The summed E-state index contributed by atoms with van der Waals surface area (Å²) >= 11 is 0. The fourth-order valence-corrected chi connectivity index (χ4v) is 2.61. The number of carbonyl (C=O) groups excluding carboxylic acids is 1. The van der Waals surface area contributed by atoms with E-state index < -0.39 is 0 Å². The van der Waals surface area contributed by atoms with Gasteiger partial charge >= 0.3 is 0 Å². The molecule has 0 atom stereocenters. The maximum absolute atomic E-state index is 12.3. The second-order valence-corrected chi connectivity index (χ2v) is 6.02. The summed E-state index contributed by atoms with van der Waals surface area (Å²) in [6.45, 7) is 0.706. The quantitative estimate of drug-likeness (QED) is 0.625. The van der Waals surface area contributed by atoms with Crippen LogP contribution in [-0.4, -0.2) is 36.9 Å². The van der Waals surface area contributed by atoms with Crippen LogP contribution in [-0.2, 0) is 6.42 Å². The van der Waals surface area contributed by atoms with Crippen molar-refractivity contribution in [2.75, 3.05) is 31.4 Å². The van der Waals surface area contributed by atoms with Gasteiger partial charge in [0.15, 0.2) is 5.82 Å². The Balaban J connectivity index is 1.52. The van der Waals surface area contributed by atoms with Gasteiger partial charge in [0.1, 0.15) is 17.3 Å². The standard InChI is InChI=1S/C21H22N4O3/c1-27-17-7-3-5-15(13-17)11-12-22-19-9-10-20(25-24-19)23-21(26)16-6-4-8-18(14-16)28-2/h3-10,13-14H,11-12H2,1-2H3,(H,22,24)(H,23,25,26). The second kappa shape index (κ2) is 9.36. The Morgan fingerprint density at radius 3 is 2.29 bits per heavy atom. The zero-order chi connectivity index (χ0) is 19.8. The summed E-state index contributed by atoms with van der Waals surface area (Å²) in [5.41, 5.74) is 1.66. The Morgan fingerprint density at radius 1 is 0.893 bits per heavy atom. The van der Waals surface area contributed by atoms with Crippen LogP contribution in [0, 0.1) is 0 Å². The fourth-order valence-electron chi connectivity index (χ4n) is 2.61. The van der Waals surface area contributed by atoms with Gasteiger partial charge in [-0.2, -0.15) is 0 Å². The van der Waals surface area contributed by atoms with Gasteiger partial charge in [-0.25, -0.2) is 0 Å². The molecule has 0 aliphatic rings. The van der Waals surface area contributed by atoms with Gasteiger partial charge < -0.3 is 20.1 Å². The van der Waals surface area contributed by atoms with Gasteiger partial charge in [-0.3, -0.25) is 4.79 Å². The molecule has 0 saturated heterocycles. The average Bonchev–Trinajstić information content (AvgIpc) is 2.75.